The molecular formula is C34H34N4O7. The molecule has 0 spiro atoms. The van der Waals surface area contributed by atoms with Gasteiger partial charge in [-0.15, -0.1) is 0 Å². The maximum Gasteiger partial charge on any atom is 0.303 e. The van der Waals surface area contributed by atoms with Crippen LogP contribution in [0.2, 0.25) is 0 Å². The number of aliphatic carboxylic acids is 2. The third-order valence-corrected chi connectivity index (χ3v) is 8.24. The number of H-pyrrole nitrogens is 2. The summed E-state index contributed by atoms with van der Waals surface area (Å²) in [5, 5.41) is 50.3. The van der Waals surface area contributed by atoms with Gasteiger partial charge in [0.25, 0.3) is 0 Å². The first kappa shape index (κ1) is 31.3. The molecular weight excluding hydrogens is 576 g/mol. The number of aromatic nitrogens is 4. The van der Waals surface area contributed by atoms with E-state index < -0.39 is 18.2 Å². The number of hydrogen-bond donors (Lipinski definition) is 7. The number of aryl methyl sites for hydroxylation is 1. The van der Waals surface area contributed by atoms with Crippen molar-refractivity contribution in [2.24, 2.45) is 0 Å². The predicted octanol–water partition coefficient (Wildman–Crippen LogP) is 5.28. The Labute approximate surface area is 258 Å². The molecule has 0 fully saturated rings. The van der Waals surface area contributed by atoms with Gasteiger partial charge in [0.05, 0.1) is 29.4 Å². The van der Waals surface area contributed by atoms with Crippen LogP contribution in [0.25, 0.3) is 56.5 Å². The highest BCUT2D eigenvalue weighted by molar-refractivity contribution is 5.98. The van der Waals surface area contributed by atoms with E-state index in [1.54, 1.807) is 30.4 Å². The summed E-state index contributed by atoms with van der Waals surface area (Å²) in [5.74, 6) is -2.05. The summed E-state index contributed by atoms with van der Waals surface area (Å²) < 4.78 is 0. The monoisotopic (exact) mass is 610 g/mol. The molecule has 232 valence electrons. The van der Waals surface area contributed by atoms with Crippen LogP contribution in [0, 0.1) is 6.92 Å². The van der Waals surface area contributed by atoms with Crippen molar-refractivity contribution in [3.05, 3.63) is 82.5 Å². The first-order valence-corrected chi connectivity index (χ1v) is 14.3. The molecule has 11 heteroatoms. The van der Waals surface area contributed by atoms with Crippen molar-refractivity contribution in [3.63, 3.8) is 0 Å². The van der Waals surface area contributed by atoms with Crippen LogP contribution in [-0.4, -0.2) is 63.7 Å². The lowest BCUT2D eigenvalue weighted by molar-refractivity contribution is -0.137. The van der Waals surface area contributed by atoms with Gasteiger partial charge in [-0.25, -0.2) is 9.97 Å². The number of fused-ring (bicyclic) bond motifs is 8. The molecule has 0 radical (unpaired) electrons. The zero-order chi connectivity index (χ0) is 32.6. The molecule has 0 atom stereocenters. The lowest BCUT2D eigenvalue weighted by atomic mass is 9.97. The van der Waals surface area contributed by atoms with Gasteiger partial charge in [0.2, 0.25) is 0 Å². The van der Waals surface area contributed by atoms with E-state index >= 15 is 0 Å². The summed E-state index contributed by atoms with van der Waals surface area (Å²) in [6.45, 7) is 11.4. The molecule has 0 saturated heterocycles. The number of carbonyl (C=O) groups is 2. The molecule has 2 aliphatic heterocycles. The summed E-state index contributed by atoms with van der Waals surface area (Å²) in [6.07, 6.45) is 1.06. The Kier molecular flexibility index (Phi) is 8.69. The third-order valence-electron chi connectivity index (χ3n) is 8.24. The Bertz CT molecular complexity index is 1990. The van der Waals surface area contributed by atoms with Crippen molar-refractivity contribution < 1.29 is 35.1 Å². The highest BCUT2D eigenvalue weighted by atomic mass is 16.5. The molecule has 0 amide bonds. The minimum atomic E-state index is -1.96. The highest BCUT2D eigenvalue weighted by Crippen LogP contribution is 2.39. The van der Waals surface area contributed by atoms with Gasteiger partial charge in [0.15, 0.2) is 6.29 Å². The van der Waals surface area contributed by atoms with Crippen LogP contribution in [0.3, 0.4) is 0 Å². The first-order valence-electron chi connectivity index (χ1n) is 14.3. The van der Waals surface area contributed by atoms with Crippen LogP contribution in [-0.2, 0) is 16.2 Å². The largest absolute Gasteiger partial charge is 0.481 e. The van der Waals surface area contributed by atoms with Crippen LogP contribution < -0.4 is 0 Å². The molecule has 5 rings (SSSR count). The number of nitrogens with zero attached hydrogens (tertiary/aromatic N) is 2. The Morgan fingerprint density at radius 1 is 0.778 bits per heavy atom. The van der Waals surface area contributed by atoms with Crippen LogP contribution in [0.5, 0.6) is 0 Å². The van der Waals surface area contributed by atoms with Gasteiger partial charge in [0, 0.05) is 57.2 Å². The lowest BCUT2D eigenvalue weighted by Gasteiger charge is -2.09. The summed E-state index contributed by atoms with van der Waals surface area (Å²) >= 11 is 0. The van der Waals surface area contributed by atoms with E-state index in [9.17, 15) is 35.1 Å². The Morgan fingerprint density at radius 2 is 1.33 bits per heavy atom. The van der Waals surface area contributed by atoms with E-state index in [0.717, 1.165) is 22.2 Å². The maximum atomic E-state index is 11.6. The van der Waals surface area contributed by atoms with Crippen LogP contribution in [0.15, 0.2) is 37.4 Å². The Morgan fingerprint density at radius 3 is 1.93 bits per heavy atom. The molecule has 3 aromatic heterocycles. The molecule has 3 aromatic rings. The second kappa shape index (κ2) is 12.5. The van der Waals surface area contributed by atoms with Crippen molar-refractivity contribution >= 4 is 68.4 Å². The molecule has 45 heavy (non-hydrogen) atoms. The van der Waals surface area contributed by atoms with Gasteiger partial charge in [0.1, 0.15) is 0 Å². The van der Waals surface area contributed by atoms with E-state index in [4.69, 9.17) is 9.97 Å². The van der Waals surface area contributed by atoms with Gasteiger partial charge in [-0.1, -0.05) is 25.3 Å². The van der Waals surface area contributed by atoms with Crippen molar-refractivity contribution in [2.75, 3.05) is 0 Å². The van der Waals surface area contributed by atoms with E-state index in [1.165, 1.54) is 0 Å². The number of hydrogen-bond acceptors (Lipinski definition) is 7. The fraction of sp³-hybridized carbons (Fsp3) is 0.235. The van der Waals surface area contributed by atoms with E-state index in [2.05, 4.69) is 23.1 Å². The predicted molar refractivity (Wildman–Crippen MR) is 173 cm³/mol. The summed E-state index contributed by atoms with van der Waals surface area (Å²) in [5.41, 5.74) is 8.76. The molecule has 0 saturated carbocycles. The first-order chi connectivity index (χ1) is 21.5. The van der Waals surface area contributed by atoms with Crippen molar-refractivity contribution in [3.8, 4) is 0 Å². The third kappa shape index (κ3) is 5.88. The SMILES string of the molecule is C=Cc1c(C)c2cc3[nH]c(cc4nc(cc5nc(cc1[nH]2)C(C(O)O)=C5CCC(=O)O)C(CCC(=O)O)=C4C)c(CO)c3C=C. The number of aliphatic hydroxyl groups is 3. The molecule has 0 unspecified atom stereocenters. The topological polar surface area (TPSA) is 193 Å². The molecule has 2 aliphatic rings. The smallest absolute Gasteiger partial charge is 0.303 e. The van der Waals surface area contributed by atoms with E-state index in [-0.39, 0.29) is 43.6 Å². The van der Waals surface area contributed by atoms with Gasteiger partial charge >= 0.3 is 11.9 Å². The number of allylic oxidation sites excluding steroid dienone is 3. The van der Waals surface area contributed by atoms with Gasteiger partial charge < -0.3 is 35.5 Å². The summed E-state index contributed by atoms with van der Waals surface area (Å²) in [6, 6.07) is 6.95. The second-order valence-electron chi connectivity index (χ2n) is 10.9. The molecule has 5 heterocycles. The minimum absolute atomic E-state index is 0.0374. The number of carboxylic acid groups (broad SMARTS) is 2. The van der Waals surface area contributed by atoms with Crippen LogP contribution in [0.1, 0.15) is 77.6 Å². The van der Waals surface area contributed by atoms with Gasteiger partial charge in [-0.3, -0.25) is 9.59 Å². The zero-order valence-corrected chi connectivity index (χ0v) is 24.9. The Hall–Kier alpha value is -5.10. The molecule has 7 N–H and O–H groups in total. The fourth-order valence-electron chi connectivity index (χ4n) is 5.96. The Balaban J connectivity index is 1.98. The van der Waals surface area contributed by atoms with Crippen LogP contribution >= 0.6 is 0 Å². The van der Waals surface area contributed by atoms with E-state index in [0.29, 0.717) is 55.9 Å². The number of carboxylic acids is 2. The number of aromatic amines is 2. The van der Waals surface area contributed by atoms with Crippen molar-refractivity contribution in [1.29, 1.82) is 0 Å². The van der Waals surface area contributed by atoms with Crippen molar-refractivity contribution in [2.45, 2.75) is 52.4 Å². The normalized spacial score (nSPS) is 13.1. The zero-order valence-electron chi connectivity index (χ0n) is 24.9. The molecule has 11 nitrogen and oxygen atoms in total. The maximum absolute atomic E-state index is 11.6. The van der Waals surface area contributed by atoms with E-state index in [1.807, 2.05) is 19.9 Å². The number of aliphatic hydroxyl groups excluding tert-OH is 2. The molecule has 0 aliphatic carbocycles. The highest BCUT2D eigenvalue weighted by Gasteiger charge is 2.27. The minimum Gasteiger partial charge on any atom is -0.481 e. The average molecular weight is 611 g/mol. The number of rotatable bonds is 10. The second-order valence-corrected chi connectivity index (χ2v) is 10.9. The molecule has 8 bridgehead atoms. The van der Waals surface area contributed by atoms with Crippen molar-refractivity contribution in [1.82, 2.24) is 19.9 Å². The summed E-state index contributed by atoms with van der Waals surface area (Å²) in [4.78, 5) is 39.4. The fourth-order valence-corrected chi connectivity index (χ4v) is 5.96. The summed E-state index contributed by atoms with van der Waals surface area (Å²) in [7, 11) is 0. The van der Waals surface area contributed by atoms with Crippen LogP contribution in [0.4, 0.5) is 0 Å². The average Bonchev–Trinajstić information content (AvgIpc) is 3.67. The quantitative estimate of drug-likeness (QED) is 0.150. The van der Waals surface area contributed by atoms with Gasteiger partial charge in [-0.05, 0) is 73.2 Å². The number of nitrogens with one attached hydrogen (secondary N) is 2. The van der Waals surface area contributed by atoms with Gasteiger partial charge in [-0.2, -0.15) is 0 Å². The molecule has 0 aromatic carbocycles. The standard InChI is InChI=1S/C34H34N4O7/c1-5-18-16(3)23-11-26-19(6-2)22(15-39)29(37-26)12-24-17(4)20(7-9-31(40)41)27(36-24)13-28-21(8-10-32(42)43)33(34(44)45)30(38-28)14-25(18)35-23/h5-6,11-14,34-35,37,39,44-45H,1-2,7-10,15H2,3-4H3,(H,40,41)(H,42,43). The lowest BCUT2D eigenvalue weighted by Crippen LogP contribution is -2.08.